The van der Waals surface area contributed by atoms with Crippen LogP contribution in [0.1, 0.15) is 28.5 Å². The Hall–Kier alpha value is -3.10. The Kier molecular flexibility index (Phi) is 7.75. The summed E-state index contributed by atoms with van der Waals surface area (Å²) < 4.78 is 7.39. The van der Waals surface area contributed by atoms with Gasteiger partial charge in [-0.3, -0.25) is 14.3 Å². The zero-order valence-corrected chi connectivity index (χ0v) is 24.0. The van der Waals surface area contributed by atoms with Crippen LogP contribution in [-0.4, -0.2) is 27.6 Å². The van der Waals surface area contributed by atoms with E-state index in [9.17, 15) is 4.79 Å². The van der Waals surface area contributed by atoms with Gasteiger partial charge in [-0.25, -0.2) is 4.98 Å². The number of halogens is 1. The van der Waals surface area contributed by atoms with E-state index in [1.165, 1.54) is 22.2 Å². The van der Waals surface area contributed by atoms with Crippen LogP contribution in [0.3, 0.4) is 0 Å². The number of hydrogen-bond donors (Lipinski definition) is 0. The minimum Gasteiger partial charge on any atom is -0.494 e. The van der Waals surface area contributed by atoms with Crippen LogP contribution < -0.4 is 10.3 Å². The van der Waals surface area contributed by atoms with Crippen molar-refractivity contribution in [3.05, 3.63) is 116 Å². The minimum absolute atomic E-state index is 0.0140. The van der Waals surface area contributed by atoms with Crippen LogP contribution in [0.25, 0.3) is 15.9 Å². The molecule has 0 spiro atoms. The number of nitrogens with zero attached hydrogens (tertiary/aromatic N) is 3. The molecule has 0 fully saturated rings. The van der Waals surface area contributed by atoms with Gasteiger partial charge < -0.3 is 4.74 Å². The Bertz CT molecular complexity index is 1670. The molecular weight excluding hydrogens is 546 g/mol. The SMILES string of the molecule is CCOc1ccc(-n2c(SCc3ccccc3Cl)nc3sc4c(c3c2=O)CCN(Cc2ccccc2)C4)cc1. The molecule has 39 heavy (non-hydrogen) atoms. The van der Waals surface area contributed by atoms with Crippen LogP contribution in [0.4, 0.5) is 0 Å². The first-order chi connectivity index (χ1) is 19.1. The molecule has 5 nitrogen and oxygen atoms in total. The summed E-state index contributed by atoms with van der Waals surface area (Å²) in [6.07, 6.45) is 0.842. The van der Waals surface area contributed by atoms with Gasteiger partial charge in [-0.2, -0.15) is 0 Å². The predicted octanol–water partition coefficient (Wildman–Crippen LogP) is 7.35. The molecule has 6 rings (SSSR count). The van der Waals surface area contributed by atoms with Crippen molar-refractivity contribution in [1.82, 2.24) is 14.5 Å². The van der Waals surface area contributed by atoms with Gasteiger partial charge in [-0.1, -0.05) is 71.9 Å². The van der Waals surface area contributed by atoms with Gasteiger partial charge in [0.25, 0.3) is 5.56 Å². The van der Waals surface area contributed by atoms with Gasteiger partial charge in [-0.15, -0.1) is 11.3 Å². The van der Waals surface area contributed by atoms with Crippen molar-refractivity contribution in [3.63, 3.8) is 0 Å². The summed E-state index contributed by atoms with van der Waals surface area (Å²) in [7, 11) is 0. The van der Waals surface area contributed by atoms with Crippen LogP contribution in [0.2, 0.25) is 5.02 Å². The van der Waals surface area contributed by atoms with Crippen LogP contribution in [-0.2, 0) is 25.3 Å². The Morgan fingerprint density at radius 1 is 1.03 bits per heavy atom. The molecule has 1 aliphatic heterocycles. The molecule has 0 radical (unpaired) electrons. The van der Waals surface area contributed by atoms with E-state index in [2.05, 4.69) is 29.2 Å². The second kappa shape index (κ2) is 11.6. The number of rotatable bonds is 8. The van der Waals surface area contributed by atoms with Crippen molar-refractivity contribution in [1.29, 1.82) is 0 Å². The van der Waals surface area contributed by atoms with Crippen LogP contribution in [0, 0.1) is 0 Å². The third-order valence-electron chi connectivity index (χ3n) is 6.89. The van der Waals surface area contributed by atoms with E-state index < -0.39 is 0 Å². The third kappa shape index (κ3) is 5.50. The Labute approximate surface area is 241 Å². The highest BCUT2D eigenvalue weighted by atomic mass is 35.5. The molecule has 3 heterocycles. The molecule has 2 aromatic heterocycles. The van der Waals surface area contributed by atoms with Gasteiger partial charge in [0.2, 0.25) is 0 Å². The lowest BCUT2D eigenvalue weighted by molar-refractivity contribution is 0.249. The number of hydrogen-bond acceptors (Lipinski definition) is 6. The molecule has 1 aliphatic rings. The van der Waals surface area contributed by atoms with Crippen molar-refractivity contribution >= 4 is 44.9 Å². The molecule has 0 saturated heterocycles. The number of benzene rings is 3. The van der Waals surface area contributed by atoms with Crippen molar-refractivity contribution < 1.29 is 4.74 Å². The van der Waals surface area contributed by atoms with E-state index in [1.807, 2.05) is 61.5 Å². The van der Waals surface area contributed by atoms with Gasteiger partial charge in [-0.05, 0) is 60.4 Å². The summed E-state index contributed by atoms with van der Waals surface area (Å²) in [5.41, 5.74) is 4.23. The number of aromatic nitrogens is 2. The summed E-state index contributed by atoms with van der Waals surface area (Å²) in [5, 5.41) is 2.13. The fraction of sp³-hybridized carbons (Fsp3) is 0.226. The molecule has 0 unspecified atom stereocenters. The monoisotopic (exact) mass is 573 g/mol. The molecule has 0 aliphatic carbocycles. The topological polar surface area (TPSA) is 47.4 Å². The predicted molar refractivity (Wildman–Crippen MR) is 162 cm³/mol. The molecule has 0 bridgehead atoms. The fourth-order valence-electron chi connectivity index (χ4n) is 4.99. The number of ether oxygens (including phenoxy) is 1. The lowest BCUT2D eigenvalue weighted by Crippen LogP contribution is -2.30. The van der Waals surface area contributed by atoms with Gasteiger partial charge in [0.1, 0.15) is 10.6 Å². The molecular formula is C31H28ClN3O2S2. The highest BCUT2D eigenvalue weighted by molar-refractivity contribution is 7.98. The van der Waals surface area contributed by atoms with Crippen molar-refractivity contribution in [2.75, 3.05) is 13.2 Å². The molecule has 0 N–H and O–H groups in total. The van der Waals surface area contributed by atoms with Crippen LogP contribution in [0.15, 0.2) is 88.8 Å². The van der Waals surface area contributed by atoms with Crippen molar-refractivity contribution in [2.24, 2.45) is 0 Å². The van der Waals surface area contributed by atoms with E-state index >= 15 is 0 Å². The lowest BCUT2D eigenvalue weighted by Gasteiger charge is -2.26. The number of thiophene rings is 1. The zero-order chi connectivity index (χ0) is 26.8. The maximum atomic E-state index is 14.2. The first-order valence-electron chi connectivity index (χ1n) is 13.0. The van der Waals surface area contributed by atoms with E-state index in [-0.39, 0.29) is 5.56 Å². The standard InChI is InChI=1S/C31H28ClN3O2S2/c1-2-37-24-14-12-23(13-15-24)35-30(36)28-25-16-17-34(18-21-8-4-3-5-9-21)19-27(25)39-29(28)33-31(35)38-20-22-10-6-7-11-26(22)32/h3-15H,2,16-20H2,1H3. The Morgan fingerprint density at radius 3 is 2.56 bits per heavy atom. The first-order valence-corrected chi connectivity index (χ1v) is 15.2. The summed E-state index contributed by atoms with van der Waals surface area (Å²) in [5.74, 6) is 1.39. The summed E-state index contributed by atoms with van der Waals surface area (Å²) in [6, 6.07) is 26.0. The van der Waals surface area contributed by atoms with Gasteiger partial charge in [0.15, 0.2) is 5.16 Å². The fourth-order valence-corrected chi connectivity index (χ4v) is 7.60. The molecule has 0 atom stereocenters. The van der Waals surface area contributed by atoms with Crippen LogP contribution in [0.5, 0.6) is 5.75 Å². The molecule has 5 aromatic rings. The Morgan fingerprint density at radius 2 is 1.79 bits per heavy atom. The molecule has 0 amide bonds. The molecule has 198 valence electrons. The average Bonchev–Trinajstić information content (AvgIpc) is 3.32. The zero-order valence-electron chi connectivity index (χ0n) is 21.6. The maximum Gasteiger partial charge on any atom is 0.267 e. The maximum absolute atomic E-state index is 14.2. The summed E-state index contributed by atoms with van der Waals surface area (Å²) >= 11 is 9.63. The van der Waals surface area contributed by atoms with Crippen molar-refractivity contribution in [3.8, 4) is 11.4 Å². The van der Waals surface area contributed by atoms with E-state index in [1.54, 1.807) is 15.9 Å². The quantitative estimate of drug-likeness (QED) is 0.143. The van der Waals surface area contributed by atoms with Gasteiger partial charge >= 0.3 is 0 Å². The highest BCUT2D eigenvalue weighted by Crippen LogP contribution is 2.35. The smallest absolute Gasteiger partial charge is 0.267 e. The minimum atomic E-state index is -0.0140. The highest BCUT2D eigenvalue weighted by Gasteiger charge is 2.26. The largest absolute Gasteiger partial charge is 0.494 e. The van der Waals surface area contributed by atoms with E-state index in [0.717, 1.165) is 58.8 Å². The normalized spacial score (nSPS) is 13.5. The summed E-state index contributed by atoms with van der Waals surface area (Å²) in [6.45, 7) is 5.20. The second-order valence-electron chi connectivity index (χ2n) is 9.47. The first kappa shape index (κ1) is 26.1. The number of fused-ring (bicyclic) bond motifs is 3. The molecule has 3 aromatic carbocycles. The number of thioether (sulfide) groups is 1. The lowest BCUT2D eigenvalue weighted by atomic mass is 10.0. The van der Waals surface area contributed by atoms with E-state index in [0.29, 0.717) is 22.5 Å². The summed E-state index contributed by atoms with van der Waals surface area (Å²) in [4.78, 5) is 23.8. The molecule has 8 heteroatoms. The Balaban J connectivity index is 1.40. The van der Waals surface area contributed by atoms with Crippen LogP contribution >= 0.6 is 34.7 Å². The van der Waals surface area contributed by atoms with E-state index in [4.69, 9.17) is 21.3 Å². The average molecular weight is 574 g/mol. The third-order valence-corrected chi connectivity index (χ3v) is 9.36. The molecule has 0 saturated carbocycles. The van der Waals surface area contributed by atoms with Crippen molar-refractivity contribution in [2.45, 2.75) is 37.3 Å². The van der Waals surface area contributed by atoms with Gasteiger partial charge in [0.05, 0.1) is 17.7 Å². The second-order valence-corrected chi connectivity index (χ2v) is 11.9. The van der Waals surface area contributed by atoms with Gasteiger partial charge in [0, 0.05) is 35.3 Å².